The molecule has 0 radical (unpaired) electrons. The number of rotatable bonds is 5. The van der Waals surface area contributed by atoms with Crippen LogP contribution in [0, 0.1) is 5.92 Å². The van der Waals surface area contributed by atoms with E-state index in [0.717, 1.165) is 13.1 Å². The van der Waals surface area contributed by atoms with E-state index in [9.17, 15) is 4.79 Å². The third kappa shape index (κ3) is 3.31. The van der Waals surface area contributed by atoms with Gasteiger partial charge in [0.25, 0.3) is 0 Å². The third-order valence-corrected chi connectivity index (χ3v) is 4.00. The average molecular weight is 275 g/mol. The van der Waals surface area contributed by atoms with Crippen molar-refractivity contribution in [3.8, 4) is 0 Å². The molecule has 1 aromatic carbocycles. The normalized spacial score (nSPS) is 16.2. The molecule has 1 atom stereocenters. The Morgan fingerprint density at radius 3 is 2.65 bits per heavy atom. The molecule has 0 spiro atoms. The van der Waals surface area contributed by atoms with Crippen molar-refractivity contribution in [2.24, 2.45) is 11.7 Å². The summed E-state index contributed by atoms with van der Waals surface area (Å²) in [5, 5.41) is 0. The lowest BCUT2D eigenvalue weighted by Crippen LogP contribution is -2.35. The molecule has 1 amide bonds. The zero-order chi connectivity index (χ0) is 14.5. The van der Waals surface area contributed by atoms with Gasteiger partial charge in [0, 0.05) is 44.8 Å². The van der Waals surface area contributed by atoms with E-state index in [4.69, 9.17) is 5.73 Å². The van der Waals surface area contributed by atoms with Crippen molar-refractivity contribution in [3.05, 3.63) is 29.8 Å². The van der Waals surface area contributed by atoms with Gasteiger partial charge in [0.15, 0.2) is 0 Å². The predicted octanol–water partition coefficient (Wildman–Crippen LogP) is 1.84. The van der Waals surface area contributed by atoms with Crippen LogP contribution >= 0.6 is 0 Å². The molecule has 20 heavy (non-hydrogen) atoms. The summed E-state index contributed by atoms with van der Waals surface area (Å²) in [6.45, 7) is 5.17. The van der Waals surface area contributed by atoms with Gasteiger partial charge in [-0.2, -0.15) is 0 Å². The van der Waals surface area contributed by atoms with Crippen LogP contribution in [-0.2, 0) is 11.3 Å². The van der Waals surface area contributed by atoms with Crippen molar-refractivity contribution in [2.75, 3.05) is 31.6 Å². The van der Waals surface area contributed by atoms with E-state index in [1.807, 2.05) is 20.0 Å². The molecular weight excluding hydrogens is 250 g/mol. The van der Waals surface area contributed by atoms with Crippen molar-refractivity contribution in [1.82, 2.24) is 4.90 Å². The van der Waals surface area contributed by atoms with Crippen molar-refractivity contribution in [2.45, 2.75) is 26.3 Å². The number of nitrogens with zero attached hydrogens (tertiary/aromatic N) is 2. The molecule has 4 heteroatoms. The van der Waals surface area contributed by atoms with Crippen LogP contribution in [0.3, 0.4) is 0 Å². The predicted molar refractivity (Wildman–Crippen MR) is 82.6 cm³/mol. The minimum Gasteiger partial charge on any atom is -0.371 e. The summed E-state index contributed by atoms with van der Waals surface area (Å²) in [5.74, 6) is 0.00248. The molecule has 1 saturated heterocycles. The molecule has 0 aromatic heterocycles. The van der Waals surface area contributed by atoms with E-state index in [0.29, 0.717) is 13.1 Å². The zero-order valence-corrected chi connectivity index (χ0v) is 12.5. The topological polar surface area (TPSA) is 49.6 Å². The number of benzene rings is 1. The zero-order valence-electron chi connectivity index (χ0n) is 12.5. The molecule has 1 unspecified atom stereocenters. The summed E-state index contributed by atoms with van der Waals surface area (Å²) in [4.78, 5) is 16.3. The Morgan fingerprint density at radius 2 is 2.00 bits per heavy atom. The van der Waals surface area contributed by atoms with Gasteiger partial charge in [-0.15, -0.1) is 0 Å². The van der Waals surface area contributed by atoms with Crippen molar-refractivity contribution in [1.29, 1.82) is 0 Å². The number of carbonyl (C=O) groups is 1. The van der Waals surface area contributed by atoms with Crippen molar-refractivity contribution >= 4 is 11.6 Å². The maximum Gasteiger partial charge on any atom is 0.226 e. The highest BCUT2D eigenvalue weighted by Gasteiger charge is 2.19. The largest absolute Gasteiger partial charge is 0.371 e. The minimum atomic E-state index is -0.112. The number of hydrogen-bond acceptors (Lipinski definition) is 3. The fourth-order valence-corrected chi connectivity index (χ4v) is 2.72. The SMILES string of the molecule is CC(CN)C(=O)N(C)Cc1ccccc1N1CCCC1. The molecule has 1 fully saturated rings. The monoisotopic (exact) mass is 275 g/mol. The van der Waals surface area contributed by atoms with Crippen LogP contribution in [0.2, 0.25) is 0 Å². The van der Waals surface area contributed by atoms with E-state index in [1.165, 1.54) is 24.1 Å². The van der Waals surface area contributed by atoms with Gasteiger partial charge in [0.05, 0.1) is 0 Å². The Kier molecular flexibility index (Phi) is 5.01. The van der Waals surface area contributed by atoms with Crippen LogP contribution in [0.4, 0.5) is 5.69 Å². The summed E-state index contributed by atoms with van der Waals surface area (Å²) in [6.07, 6.45) is 2.51. The van der Waals surface area contributed by atoms with Crippen LogP contribution in [-0.4, -0.2) is 37.5 Å². The molecule has 0 bridgehead atoms. The van der Waals surface area contributed by atoms with Crippen molar-refractivity contribution in [3.63, 3.8) is 0 Å². The van der Waals surface area contributed by atoms with Crippen LogP contribution < -0.4 is 10.6 Å². The molecule has 4 nitrogen and oxygen atoms in total. The molecular formula is C16H25N3O. The molecule has 1 heterocycles. The molecule has 0 aliphatic carbocycles. The highest BCUT2D eigenvalue weighted by molar-refractivity contribution is 5.78. The lowest BCUT2D eigenvalue weighted by Gasteiger charge is -2.25. The minimum absolute atomic E-state index is 0.112. The number of hydrogen-bond donors (Lipinski definition) is 1. The van der Waals surface area contributed by atoms with Gasteiger partial charge in [0.2, 0.25) is 5.91 Å². The second kappa shape index (κ2) is 6.75. The smallest absolute Gasteiger partial charge is 0.226 e. The summed E-state index contributed by atoms with van der Waals surface area (Å²) in [5.41, 5.74) is 8.06. The van der Waals surface area contributed by atoms with Gasteiger partial charge < -0.3 is 15.5 Å². The Hall–Kier alpha value is -1.55. The second-order valence-corrected chi connectivity index (χ2v) is 5.65. The molecule has 1 aromatic rings. The Labute approximate surface area is 121 Å². The lowest BCUT2D eigenvalue weighted by atomic mass is 10.1. The maximum atomic E-state index is 12.1. The van der Waals surface area contributed by atoms with Crippen LogP contribution in [0.25, 0.3) is 0 Å². The van der Waals surface area contributed by atoms with Gasteiger partial charge in [-0.3, -0.25) is 4.79 Å². The first kappa shape index (κ1) is 14.9. The number of para-hydroxylation sites is 1. The molecule has 1 aliphatic rings. The quantitative estimate of drug-likeness (QED) is 0.892. The van der Waals surface area contributed by atoms with E-state index in [2.05, 4.69) is 23.1 Å². The van der Waals surface area contributed by atoms with Crippen molar-refractivity contribution < 1.29 is 4.79 Å². The van der Waals surface area contributed by atoms with Crippen LogP contribution in [0.5, 0.6) is 0 Å². The first-order chi connectivity index (χ1) is 9.63. The highest BCUT2D eigenvalue weighted by Crippen LogP contribution is 2.25. The first-order valence-corrected chi connectivity index (χ1v) is 7.41. The van der Waals surface area contributed by atoms with E-state index >= 15 is 0 Å². The molecule has 110 valence electrons. The second-order valence-electron chi connectivity index (χ2n) is 5.65. The van der Waals surface area contributed by atoms with Crippen LogP contribution in [0.1, 0.15) is 25.3 Å². The van der Waals surface area contributed by atoms with Gasteiger partial charge in [-0.25, -0.2) is 0 Å². The van der Waals surface area contributed by atoms with Crippen LogP contribution in [0.15, 0.2) is 24.3 Å². The summed E-state index contributed by atoms with van der Waals surface area (Å²) in [7, 11) is 1.86. The molecule has 1 aliphatic heterocycles. The highest BCUT2D eigenvalue weighted by atomic mass is 16.2. The number of carbonyl (C=O) groups excluding carboxylic acids is 1. The maximum absolute atomic E-state index is 12.1. The van der Waals surface area contributed by atoms with E-state index < -0.39 is 0 Å². The lowest BCUT2D eigenvalue weighted by molar-refractivity contribution is -0.133. The molecule has 2 N–H and O–H groups in total. The Balaban J connectivity index is 2.10. The Morgan fingerprint density at radius 1 is 1.35 bits per heavy atom. The van der Waals surface area contributed by atoms with E-state index in [1.54, 1.807) is 4.90 Å². The first-order valence-electron chi connectivity index (χ1n) is 7.41. The van der Waals surface area contributed by atoms with Gasteiger partial charge in [-0.05, 0) is 24.5 Å². The summed E-state index contributed by atoms with van der Waals surface area (Å²) < 4.78 is 0. The molecule has 2 rings (SSSR count). The third-order valence-electron chi connectivity index (χ3n) is 4.00. The van der Waals surface area contributed by atoms with E-state index in [-0.39, 0.29) is 11.8 Å². The van der Waals surface area contributed by atoms with Gasteiger partial charge in [-0.1, -0.05) is 25.1 Å². The van der Waals surface area contributed by atoms with Gasteiger partial charge >= 0.3 is 0 Å². The number of amides is 1. The summed E-state index contributed by atoms with van der Waals surface area (Å²) in [6, 6.07) is 8.39. The number of nitrogens with two attached hydrogens (primary N) is 1. The average Bonchev–Trinajstić information content (AvgIpc) is 3.00. The standard InChI is InChI=1S/C16H25N3O/c1-13(11-17)16(20)18(2)12-14-7-3-4-8-15(14)19-9-5-6-10-19/h3-4,7-8,13H,5-6,9-12,17H2,1-2H3. The fourth-order valence-electron chi connectivity index (χ4n) is 2.72. The summed E-state index contributed by atoms with van der Waals surface area (Å²) >= 11 is 0. The number of anilines is 1. The fraction of sp³-hybridized carbons (Fsp3) is 0.562. The Bertz CT molecular complexity index is 455. The van der Waals surface area contributed by atoms with Gasteiger partial charge in [0.1, 0.15) is 0 Å². The molecule has 0 saturated carbocycles.